The fraction of sp³-hybridized carbons (Fsp3) is 0.444. The number of fused-ring (bicyclic) bond motifs is 2. The van der Waals surface area contributed by atoms with E-state index < -0.39 is 20.2 Å². The summed E-state index contributed by atoms with van der Waals surface area (Å²) >= 11 is 0. The fourth-order valence-corrected chi connectivity index (χ4v) is 6.92. The maximum absolute atomic E-state index is 11.6. The third-order valence-electron chi connectivity index (χ3n) is 7.94. The van der Waals surface area contributed by atoms with Gasteiger partial charge in [0.25, 0.3) is 0 Å². The van der Waals surface area contributed by atoms with Gasteiger partial charge in [-0.15, -0.1) is 0 Å². The van der Waals surface area contributed by atoms with Crippen LogP contribution in [0.5, 0.6) is 0 Å². The number of unbranched alkanes of at least 4 members (excludes halogenated alkanes) is 4. The summed E-state index contributed by atoms with van der Waals surface area (Å²) in [6.07, 6.45) is 11.3. The summed E-state index contributed by atoms with van der Waals surface area (Å²) in [7, 11) is -8.87. The Balaban J connectivity index is 0.000000307. The number of aryl methyl sites for hydroxylation is 4. The monoisotopic (exact) mass is 678 g/mol. The smallest absolute Gasteiger partial charge is 0.744 e. The Morgan fingerprint density at radius 1 is 0.467 bits per heavy atom. The van der Waals surface area contributed by atoms with Crippen molar-refractivity contribution in [1.29, 1.82) is 0 Å². The molecule has 0 heterocycles. The standard InChI is InChI=1S/2C18H24O3S.Ca/c2*1-3-5-7-14-9-10-15-12-16(8-6-4-2)18(22(19,20)21)13-17(15)11-14;/h2*9-13H,3-8H2,1-2H3,(H,19,20,21);/q;;+2/p-2. The molecule has 0 spiro atoms. The molecule has 0 N–H and O–H groups in total. The molecule has 0 radical (unpaired) electrons. The molecule has 0 aliphatic carbocycles. The van der Waals surface area contributed by atoms with Gasteiger partial charge in [-0.2, -0.15) is 0 Å². The van der Waals surface area contributed by atoms with Crippen molar-refractivity contribution in [3.63, 3.8) is 0 Å². The molecule has 0 bridgehead atoms. The third kappa shape index (κ3) is 11.9. The topological polar surface area (TPSA) is 114 Å². The van der Waals surface area contributed by atoms with E-state index in [2.05, 4.69) is 26.0 Å². The van der Waals surface area contributed by atoms with E-state index in [0.717, 1.165) is 85.8 Å². The zero-order valence-electron chi connectivity index (χ0n) is 27.2. The van der Waals surface area contributed by atoms with Crippen LogP contribution in [-0.4, -0.2) is 63.7 Å². The van der Waals surface area contributed by atoms with Gasteiger partial charge in [0.2, 0.25) is 0 Å². The zero-order chi connectivity index (χ0) is 32.3. The molecule has 0 unspecified atom stereocenters. The molecular formula is C36H46CaO6S2. The van der Waals surface area contributed by atoms with Gasteiger partial charge in [-0.3, -0.25) is 0 Å². The third-order valence-corrected chi connectivity index (χ3v) is 9.78. The molecule has 0 fully saturated rings. The van der Waals surface area contributed by atoms with Crippen LogP contribution in [0.4, 0.5) is 0 Å². The Morgan fingerprint density at radius 2 is 0.800 bits per heavy atom. The van der Waals surface area contributed by atoms with Crippen molar-refractivity contribution >= 4 is 79.5 Å². The quantitative estimate of drug-likeness (QED) is 0.0976. The van der Waals surface area contributed by atoms with Crippen molar-refractivity contribution in [3.8, 4) is 0 Å². The number of rotatable bonds is 14. The van der Waals surface area contributed by atoms with Crippen LogP contribution >= 0.6 is 0 Å². The predicted molar refractivity (Wildman–Crippen MR) is 184 cm³/mol. The van der Waals surface area contributed by atoms with Crippen molar-refractivity contribution in [2.24, 2.45) is 0 Å². The zero-order valence-corrected chi connectivity index (χ0v) is 31.1. The van der Waals surface area contributed by atoms with Gasteiger partial charge in [0, 0.05) is 0 Å². The maximum Gasteiger partial charge on any atom is 2.00 e. The van der Waals surface area contributed by atoms with Crippen LogP contribution in [-0.2, 0) is 45.9 Å². The van der Waals surface area contributed by atoms with Crippen molar-refractivity contribution in [3.05, 3.63) is 82.9 Å². The Kier molecular flexibility index (Phi) is 16.5. The SMILES string of the molecule is CCCCc1ccc2cc(CCCC)c(S(=O)(=O)[O-])cc2c1.CCCCc1ccc2cc(CCCC)c(S(=O)(=O)[O-])cc2c1.[Ca+2]. The summed E-state index contributed by atoms with van der Waals surface area (Å²) in [5, 5.41) is 3.67. The van der Waals surface area contributed by atoms with Crippen LogP contribution in [0, 0.1) is 0 Å². The van der Waals surface area contributed by atoms with Crippen LogP contribution in [0.15, 0.2) is 70.5 Å². The molecule has 0 aliphatic rings. The van der Waals surface area contributed by atoms with Crippen molar-refractivity contribution in [1.82, 2.24) is 0 Å². The molecule has 4 aromatic rings. The maximum atomic E-state index is 11.6. The van der Waals surface area contributed by atoms with Crippen molar-refractivity contribution in [2.75, 3.05) is 0 Å². The Labute approximate surface area is 300 Å². The van der Waals surface area contributed by atoms with Crippen LogP contribution in [0.25, 0.3) is 21.5 Å². The van der Waals surface area contributed by atoms with Gasteiger partial charge in [-0.05, 0) is 119 Å². The van der Waals surface area contributed by atoms with Gasteiger partial charge in [0.1, 0.15) is 20.2 Å². The Morgan fingerprint density at radius 3 is 1.11 bits per heavy atom. The molecular weight excluding hydrogens is 633 g/mol. The van der Waals surface area contributed by atoms with Crippen LogP contribution < -0.4 is 0 Å². The molecule has 0 atom stereocenters. The molecule has 0 amide bonds. The van der Waals surface area contributed by atoms with Gasteiger partial charge in [-0.1, -0.05) is 89.8 Å². The van der Waals surface area contributed by atoms with E-state index in [-0.39, 0.29) is 47.5 Å². The summed E-state index contributed by atoms with van der Waals surface area (Å²) in [6.45, 7) is 8.38. The normalized spacial score (nSPS) is 11.7. The predicted octanol–water partition coefficient (Wildman–Crippen LogP) is 8.48. The van der Waals surface area contributed by atoms with Gasteiger partial charge in [0.15, 0.2) is 0 Å². The Hall–Kier alpha value is -1.52. The second kappa shape index (κ2) is 18.7. The van der Waals surface area contributed by atoms with E-state index in [1.54, 1.807) is 12.1 Å². The Bertz CT molecular complexity index is 1630. The summed E-state index contributed by atoms with van der Waals surface area (Å²) < 4.78 is 69.4. The van der Waals surface area contributed by atoms with Crippen LogP contribution in [0.3, 0.4) is 0 Å². The largest absolute Gasteiger partial charge is 2.00 e. The summed E-state index contributed by atoms with van der Waals surface area (Å²) in [4.78, 5) is -0.109. The number of hydrogen-bond donors (Lipinski definition) is 0. The average molecular weight is 679 g/mol. The van der Waals surface area contributed by atoms with E-state index >= 15 is 0 Å². The van der Waals surface area contributed by atoms with Gasteiger partial charge in [0.05, 0.1) is 9.79 Å². The van der Waals surface area contributed by atoms with E-state index in [1.165, 1.54) is 11.1 Å². The van der Waals surface area contributed by atoms with Crippen molar-refractivity contribution in [2.45, 2.75) is 115 Å². The number of benzene rings is 4. The summed E-state index contributed by atoms with van der Waals surface area (Å²) in [6, 6.07) is 19.1. The number of hydrogen-bond acceptors (Lipinski definition) is 6. The molecule has 6 nitrogen and oxygen atoms in total. The minimum absolute atomic E-state index is 0. The molecule has 9 heteroatoms. The average Bonchev–Trinajstić information content (AvgIpc) is 2.99. The van der Waals surface area contributed by atoms with Crippen LogP contribution in [0.2, 0.25) is 0 Å². The second-order valence-electron chi connectivity index (χ2n) is 11.6. The second-order valence-corrected chi connectivity index (χ2v) is 14.3. The van der Waals surface area contributed by atoms with Gasteiger partial charge >= 0.3 is 37.7 Å². The summed E-state index contributed by atoms with van der Waals surface area (Å²) in [5.41, 5.74) is 3.66. The minimum atomic E-state index is -4.44. The molecule has 0 aliphatic heterocycles. The molecule has 4 rings (SSSR count). The first-order chi connectivity index (χ1) is 20.9. The van der Waals surface area contributed by atoms with Crippen LogP contribution in [0.1, 0.15) is 101 Å². The van der Waals surface area contributed by atoms with Gasteiger partial charge in [-0.25, -0.2) is 16.8 Å². The first-order valence-electron chi connectivity index (χ1n) is 15.9. The van der Waals surface area contributed by atoms with Gasteiger partial charge < -0.3 is 9.11 Å². The summed E-state index contributed by atoms with van der Waals surface area (Å²) in [5.74, 6) is 0. The first kappa shape index (κ1) is 39.7. The van der Waals surface area contributed by atoms with E-state index in [9.17, 15) is 25.9 Å². The molecule has 240 valence electrons. The first-order valence-corrected chi connectivity index (χ1v) is 18.8. The van der Waals surface area contributed by atoms with Crippen molar-refractivity contribution < 1.29 is 25.9 Å². The fourth-order valence-electron chi connectivity index (χ4n) is 5.41. The molecule has 0 saturated heterocycles. The van der Waals surface area contributed by atoms with E-state index in [0.29, 0.717) is 24.0 Å². The van der Waals surface area contributed by atoms with E-state index in [1.807, 2.05) is 50.2 Å². The molecule has 4 aromatic carbocycles. The minimum Gasteiger partial charge on any atom is -0.744 e. The molecule has 45 heavy (non-hydrogen) atoms. The molecule has 0 saturated carbocycles. The molecule has 0 aromatic heterocycles. The van der Waals surface area contributed by atoms with E-state index in [4.69, 9.17) is 0 Å².